The zero-order valence-electron chi connectivity index (χ0n) is 13.7. The van der Waals surface area contributed by atoms with Crippen LogP contribution < -0.4 is 19.7 Å². The van der Waals surface area contributed by atoms with Gasteiger partial charge < -0.3 is 19.7 Å². The fourth-order valence-corrected chi connectivity index (χ4v) is 2.04. The molecular weight excluding hydrogens is 296 g/mol. The van der Waals surface area contributed by atoms with Crippen LogP contribution >= 0.6 is 0 Å². The lowest BCUT2D eigenvalue weighted by Gasteiger charge is -2.13. The molecule has 1 aromatic carbocycles. The third-order valence-corrected chi connectivity index (χ3v) is 3.20. The quantitative estimate of drug-likeness (QED) is 0.870. The van der Waals surface area contributed by atoms with Crippen molar-refractivity contribution in [1.29, 1.82) is 0 Å². The number of hydrogen-bond acceptors (Lipinski definition) is 6. The molecule has 0 saturated carbocycles. The van der Waals surface area contributed by atoms with Gasteiger partial charge in [0, 0.05) is 20.3 Å². The number of amides is 1. The van der Waals surface area contributed by atoms with Gasteiger partial charge in [0.2, 0.25) is 0 Å². The van der Waals surface area contributed by atoms with E-state index in [1.54, 1.807) is 30.5 Å². The Hall–Kier alpha value is -2.83. The Balaban J connectivity index is 2.13. The highest BCUT2D eigenvalue weighted by molar-refractivity contribution is 5.97. The summed E-state index contributed by atoms with van der Waals surface area (Å²) in [5.41, 5.74) is 0.399. The molecule has 23 heavy (non-hydrogen) atoms. The van der Waals surface area contributed by atoms with E-state index in [0.29, 0.717) is 22.9 Å². The van der Waals surface area contributed by atoms with Crippen LogP contribution in [0.2, 0.25) is 0 Å². The highest BCUT2D eigenvalue weighted by atomic mass is 16.5. The molecule has 0 aliphatic heterocycles. The van der Waals surface area contributed by atoms with Crippen molar-refractivity contribution < 1.29 is 14.3 Å². The molecule has 7 nitrogen and oxygen atoms in total. The minimum absolute atomic E-state index is 0.223. The Labute approximate surface area is 135 Å². The van der Waals surface area contributed by atoms with E-state index in [1.165, 1.54) is 14.2 Å². The van der Waals surface area contributed by atoms with Gasteiger partial charge in [0.1, 0.15) is 11.6 Å². The Kier molecular flexibility index (Phi) is 5.35. The number of anilines is 1. The van der Waals surface area contributed by atoms with Gasteiger partial charge in [-0.25, -0.2) is 9.97 Å². The summed E-state index contributed by atoms with van der Waals surface area (Å²) in [7, 11) is 6.82. The largest absolute Gasteiger partial charge is 0.493 e. The standard InChI is InChI=1S/C16H20N4O3/c1-20(2)14-8-9-17-13(19-14)10-18-16(21)11-6-5-7-12(22-3)15(11)23-4/h5-9H,10H2,1-4H3,(H,18,21). The van der Waals surface area contributed by atoms with Gasteiger partial charge in [-0.2, -0.15) is 0 Å². The first-order chi connectivity index (χ1) is 11.1. The maximum Gasteiger partial charge on any atom is 0.255 e. The zero-order valence-corrected chi connectivity index (χ0v) is 13.7. The minimum atomic E-state index is -0.278. The number of nitrogens with zero attached hydrogens (tertiary/aromatic N) is 3. The van der Waals surface area contributed by atoms with Gasteiger partial charge in [0.15, 0.2) is 11.5 Å². The molecule has 0 bridgehead atoms. The lowest BCUT2D eigenvalue weighted by atomic mass is 10.1. The van der Waals surface area contributed by atoms with E-state index in [1.807, 2.05) is 19.0 Å². The molecule has 1 amide bonds. The van der Waals surface area contributed by atoms with E-state index in [4.69, 9.17) is 9.47 Å². The van der Waals surface area contributed by atoms with Crippen molar-refractivity contribution in [3.8, 4) is 11.5 Å². The van der Waals surface area contributed by atoms with Crippen LogP contribution in [0.4, 0.5) is 5.82 Å². The number of rotatable bonds is 6. The Morgan fingerprint density at radius 3 is 2.65 bits per heavy atom. The van der Waals surface area contributed by atoms with Gasteiger partial charge in [-0.3, -0.25) is 4.79 Å². The van der Waals surface area contributed by atoms with Crippen LogP contribution in [0.25, 0.3) is 0 Å². The van der Waals surface area contributed by atoms with Crippen LogP contribution in [0, 0.1) is 0 Å². The molecule has 2 rings (SSSR count). The Morgan fingerprint density at radius 1 is 1.22 bits per heavy atom. The summed E-state index contributed by atoms with van der Waals surface area (Å²) in [6.45, 7) is 0.223. The van der Waals surface area contributed by atoms with Gasteiger partial charge in [0.25, 0.3) is 5.91 Å². The number of aromatic nitrogens is 2. The smallest absolute Gasteiger partial charge is 0.255 e. The van der Waals surface area contributed by atoms with E-state index in [-0.39, 0.29) is 12.5 Å². The van der Waals surface area contributed by atoms with E-state index in [9.17, 15) is 4.79 Å². The molecule has 1 aromatic heterocycles. The SMILES string of the molecule is COc1cccc(C(=O)NCc2nccc(N(C)C)n2)c1OC. The fourth-order valence-electron chi connectivity index (χ4n) is 2.04. The molecule has 0 aliphatic rings. The number of ether oxygens (including phenoxy) is 2. The second kappa shape index (κ2) is 7.44. The van der Waals surface area contributed by atoms with Crippen molar-refractivity contribution in [3.63, 3.8) is 0 Å². The molecular formula is C16H20N4O3. The summed E-state index contributed by atoms with van der Waals surface area (Å²) in [5.74, 6) is 1.94. The molecule has 7 heteroatoms. The summed E-state index contributed by atoms with van der Waals surface area (Å²) in [6.07, 6.45) is 1.66. The number of carbonyl (C=O) groups excluding carboxylic acids is 1. The summed E-state index contributed by atoms with van der Waals surface area (Å²) >= 11 is 0. The molecule has 0 saturated heterocycles. The van der Waals surface area contributed by atoms with E-state index >= 15 is 0 Å². The van der Waals surface area contributed by atoms with Crippen molar-refractivity contribution in [2.75, 3.05) is 33.2 Å². The lowest BCUT2D eigenvalue weighted by Crippen LogP contribution is -2.25. The predicted molar refractivity (Wildman–Crippen MR) is 87.1 cm³/mol. The number of carbonyl (C=O) groups is 1. The Morgan fingerprint density at radius 2 is 2.00 bits per heavy atom. The van der Waals surface area contributed by atoms with Crippen molar-refractivity contribution in [2.24, 2.45) is 0 Å². The molecule has 0 aliphatic carbocycles. The third kappa shape index (κ3) is 3.88. The average Bonchev–Trinajstić information content (AvgIpc) is 2.58. The fraction of sp³-hybridized carbons (Fsp3) is 0.312. The second-order valence-electron chi connectivity index (χ2n) is 4.95. The first kappa shape index (κ1) is 16.5. The highest BCUT2D eigenvalue weighted by Crippen LogP contribution is 2.30. The van der Waals surface area contributed by atoms with Gasteiger partial charge in [-0.1, -0.05) is 6.07 Å². The Bertz CT molecular complexity index is 689. The number of para-hydroxylation sites is 1. The van der Waals surface area contributed by atoms with Crippen molar-refractivity contribution in [3.05, 3.63) is 41.9 Å². The second-order valence-corrected chi connectivity index (χ2v) is 4.95. The van der Waals surface area contributed by atoms with Crippen LogP contribution in [0.3, 0.4) is 0 Å². The predicted octanol–water partition coefficient (Wildman–Crippen LogP) is 1.49. The molecule has 1 heterocycles. The van der Waals surface area contributed by atoms with Crippen LogP contribution in [0.1, 0.15) is 16.2 Å². The van der Waals surface area contributed by atoms with Crippen molar-refractivity contribution in [2.45, 2.75) is 6.54 Å². The number of nitrogens with one attached hydrogen (secondary N) is 1. The molecule has 0 fully saturated rings. The maximum absolute atomic E-state index is 12.4. The molecule has 122 valence electrons. The minimum Gasteiger partial charge on any atom is -0.493 e. The zero-order chi connectivity index (χ0) is 16.8. The van der Waals surface area contributed by atoms with Gasteiger partial charge in [-0.05, 0) is 18.2 Å². The topological polar surface area (TPSA) is 76.6 Å². The van der Waals surface area contributed by atoms with Crippen molar-refractivity contribution >= 4 is 11.7 Å². The molecule has 2 aromatic rings. The van der Waals surface area contributed by atoms with Crippen molar-refractivity contribution in [1.82, 2.24) is 15.3 Å². The van der Waals surface area contributed by atoms with Crippen LogP contribution in [-0.4, -0.2) is 44.2 Å². The van der Waals surface area contributed by atoms with Gasteiger partial charge >= 0.3 is 0 Å². The number of hydrogen-bond donors (Lipinski definition) is 1. The van der Waals surface area contributed by atoms with Crippen LogP contribution in [0.5, 0.6) is 11.5 Å². The normalized spacial score (nSPS) is 10.1. The van der Waals surface area contributed by atoms with Gasteiger partial charge in [-0.15, -0.1) is 0 Å². The first-order valence-corrected chi connectivity index (χ1v) is 7.05. The summed E-state index contributed by atoms with van der Waals surface area (Å²) in [6, 6.07) is 6.95. The first-order valence-electron chi connectivity index (χ1n) is 7.05. The summed E-state index contributed by atoms with van der Waals surface area (Å²) < 4.78 is 10.5. The highest BCUT2D eigenvalue weighted by Gasteiger charge is 2.16. The van der Waals surface area contributed by atoms with Crippen LogP contribution in [-0.2, 0) is 6.54 Å². The molecule has 0 unspecified atom stereocenters. The molecule has 1 N–H and O–H groups in total. The third-order valence-electron chi connectivity index (χ3n) is 3.20. The molecule has 0 spiro atoms. The summed E-state index contributed by atoms with van der Waals surface area (Å²) in [5, 5.41) is 2.79. The lowest BCUT2D eigenvalue weighted by molar-refractivity contribution is 0.0946. The van der Waals surface area contributed by atoms with E-state index in [0.717, 1.165) is 5.82 Å². The summed E-state index contributed by atoms with van der Waals surface area (Å²) in [4.78, 5) is 22.8. The van der Waals surface area contributed by atoms with Crippen LogP contribution in [0.15, 0.2) is 30.5 Å². The van der Waals surface area contributed by atoms with Gasteiger partial charge in [0.05, 0.1) is 26.3 Å². The maximum atomic E-state index is 12.4. The molecule has 0 atom stereocenters. The molecule has 0 radical (unpaired) electrons. The number of benzene rings is 1. The number of methoxy groups -OCH3 is 2. The average molecular weight is 316 g/mol. The monoisotopic (exact) mass is 316 g/mol. The van der Waals surface area contributed by atoms with E-state index in [2.05, 4.69) is 15.3 Å². The van der Waals surface area contributed by atoms with E-state index < -0.39 is 0 Å².